The van der Waals surface area contributed by atoms with Crippen LogP contribution in [0.4, 0.5) is 5.82 Å². The minimum absolute atomic E-state index is 0.141. The highest BCUT2D eigenvalue weighted by Crippen LogP contribution is 2.20. The maximum Gasteiger partial charge on any atom is 0.270 e. The van der Waals surface area contributed by atoms with Gasteiger partial charge in [-0.25, -0.2) is 9.97 Å². The monoisotopic (exact) mass is 333 g/mol. The Hall–Kier alpha value is -1.73. The molecular formula is C17H27N5O2. The summed E-state index contributed by atoms with van der Waals surface area (Å²) in [5, 5.41) is 6.37. The van der Waals surface area contributed by atoms with E-state index in [1.165, 1.54) is 38.4 Å². The van der Waals surface area contributed by atoms with Crippen LogP contribution in [0.15, 0.2) is 12.4 Å². The molecule has 132 valence electrons. The zero-order valence-corrected chi connectivity index (χ0v) is 14.2. The third-order valence-electron chi connectivity index (χ3n) is 4.67. The summed E-state index contributed by atoms with van der Waals surface area (Å²) in [4.78, 5) is 22.9. The molecule has 2 fully saturated rings. The van der Waals surface area contributed by atoms with Gasteiger partial charge in [-0.3, -0.25) is 9.69 Å². The Bertz CT molecular complexity index is 527. The van der Waals surface area contributed by atoms with Crippen LogP contribution in [0.3, 0.4) is 0 Å². The Morgan fingerprint density at radius 2 is 2.00 bits per heavy atom. The van der Waals surface area contributed by atoms with E-state index in [1.807, 2.05) is 0 Å². The predicted octanol–water partition coefficient (Wildman–Crippen LogP) is 1.28. The number of morpholine rings is 1. The van der Waals surface area contributed by atoms with Crippen molar-refractivity contribution in [2.24, 2.45) is 0 Å². The zero-order valence-electron chi connectivity index (χ0n) is 14.2. The first-order valence-corrected chi connectivity index (χ1v) is 8.98. The molecule has 1 aliphatic heterocycles. The van der Waals surface area contributed by atoms with Crippen LogP contribution in [0.1, 0.15) is 42.6 Å². The normalized spacial score (nSPS) is 19.8. The van der Waals surface area contributed by atoms with Crippen molar-refractivity contribution in [3.05, 3.63) is 18.1 Å². The number of ether oxygens (including phenoxy) is 1. The fourth-order valence-corrected chi connectivity index (χ4v) is 3.26. The summed E-state index contributed by atoms with van der Waals surface area (Å²) in [5.41, 5.74) is 0.422. The lowest BCUT2D eigenvalue weighted by Gasteiger charge is -2.26. The van der Waals surface area contributed by atoms with Gasteiger partial charge < -0.3 is 15.4 Å². The van der Waals surface area contributed by atoms with Crippen molar-refractivity contribution in [2.75, 3.05) is 44.7 Å². The molecule has 3 rings (SSSR count). The van der Waals surface area contributed by atoms with Crippen LogP contribution in [0.5, 0.6) is 0 Å². The molecule has 2 N–H and O–H groups in total. The number of carbonyl (C=O) groups is 1. The van der Waals surface area contributed by atoms with Gasteiger partial charge in [0, 0.05) is 38.3 Å². The molecule has 2 heterocycles. The van der Waals surface area contributed by atoms with E-state index in [9.17, 15) is 4.79 Å². The molecule has 0 spiro atoms. The minimum Gasteiger partial charge on any atom is -0.379 e. The Morgan fingerprint density at radius 1 is 1.21 bits per heavy atom. The van der Waals surface area contributed by atoms with E-state index in [1.54, 1.807) is 6.07 Å². The van der Waals surface area contributed by atoms with E-state index in [-0.39, 0.29) is 5.91 Å². The van der Waals surface area contributed by atoms with Gasteiger partial charge in [-0.05, 0) is 12.8 Å². The average Bonchev–Trinajstić information content (AvgIpc) is 2.64. The summed E-state index contributed by atoms with van der Waals surface area (Å²) in [7, 11) is 0. The van der Waals surface area contributed by atoms with Gasteiger partial charge in [0.15, 0.2) is 0 Å². The molecule has 1 amide bonds. The Labute approximate surface area is 143 Å². The summed E-state index contributed by atoms with van der Waals surface area (Å²) < 4.78 is 5.32. The molecule has 0 bridgehead atoms. The highest BCUT2D eigenvalue weighted by atomic mass is 16.5. The van der Waals surface area contributed by atoms with E-state index in [0.717, 1.165) is 38.7 Å². The molecule has 0 unspecified atom stereocenters. The molecule has 2 aliphatic rings. The van der Waals surface area contributed by atoms with E-state index in [2.05, 4.69) is 25.5 Å². The van der Waals surface area contributed by atoms with Crippen molar-refractivity contribution in [2.45, 2.75) is 38.1 Å². The van der Waals surface area contributed by atoms with Crippen LogP contribution in [0.25, 0.3) is 0 Å². The molecule has 0 atom stereocenters. The fourth-order valence-electron chi connectivity index (χ4n) is 3.26. The molecule has 1 saturated carbocycles. The Balaban J connectivity index is 1.46. The first-order chi connectivity index (χ1) is 11.8. The summed E-state index contributed by atoms with van der Waals surface area (Å²) in [6, 6.07) is 2.21. The SMILES string of the molecule is O=C(NCCN1CCOCC1)c1cc(NC2CCCCC2)ncn1. The highest BCUT2D eigenvalue weighted by Gasteiger charge is 2.15. The Morgan fingerprint density at radius 3 is 2.79 bits per heavy atom. The van der Waals surface area contributed by atoms with Crippen LogP contribution in [-0.2, 0) is 4.74 Å². The van der Waals surface area contributed by atoms with Gasteiger partial charge in [-0.15, -0.1) is 0 Å². The fraction of sp³-hybridized carbons (Fsp3) is 0.706. The first-order valence-electron chi connectivity index (χ1n) is 8.98. The number of anilines is 1. The summed E-state index contributed by atoms with van der Waals surface area (Å²) in [6.07, 6.45) is 7.65. The van der Waals surface area contributed by atoms with Gasteiger partial charge in [0.1, 0.15) is 17.8 Å². The zero-order chi connectivity index (χ0) is 16.6. The topological polar surface area (TPSA) is 79.4 Å². The molecule has 7 heteroatoms. The lowest BCUT2D eigenvalue weighted by atomic mass is 9.95. The second-order valence-electron chi connectivity index (χ2n) is 6.48. The molecule has 1 aliphatic carbocycles. The van der Waals surface area contributed by atoms with Gasteiger partial charge in [0.05, 0.1) is 13.2 Å². The van der Waals surface area contributed by atoms with Crippen LogP contribution < -0.4 is 10.6 Å². The summed E-state index contributed by atoms with van der Waals surface area (Å²) >= 11 is 0. The van der Waals surface area contributed by atoms with E-state index < -0.39 is 0 Å². The number of aromatic nitrogens is 2. The van der Waals surface area contributed by atoms with Crippen molar-refractivity contribution in [1.82, 2.24) is 20.2 Å². The van der Waals surface area contributed by atoms with Crippen LogP contribution in [0.2, 0.25) is 0 Å². The number of hydrogen-bond acceptors (Lipinski definition) is 6. The van der Waals surface area contributed by atoms with Crippen molar-refractivity contribution in [3.63, 3.8) is 0 Å². The molecule has 1 saturated heterocycles. The average molecular weight is 333 g/mol. The molecule has 1 aromatic heterocycles. The highest BCUT2D eigenvalue weighted by molar-refractivity contribution is 5.92. The lowest BCUT2D eigenvalue weighted by molar-refractivity contribution is 0.0383. The smallest absolute Gasteiger partial charge is 0.270 e. The van der Waals surface area contributed by atoms with E-state index in [4.69, 9.17) is 4.74 Å². The molecule has 0 radical (unpaired) electrons. The van der Waals surface area contributed by atoms with Crippen molar-refractivity contribution >= 4 is 11.7 Å². The maximum atomic E-state index is 12.3. The molecule has 1 aromatic rings. The third kappa shape index (κ3) is 5.14. The van der Waals surface area contributed by atoms with Crippen molar-refractivity contribution in [3.8, 4) is 0 Å². The second-order valence-corrected chi connectivity index (χ2v) is 6.48. The quantitative estimate of drug-likeness (QED) is 0.816. The van der Waals surface area contributed by atoms with Gasteiger partial charge in [-0.2, -0.15) is 0 Å². The number of hydrogen-bond donors (Lipinski definition) is 2. The predicted molar refractivity (Wildman–Crippen MR) is 92.1 cm³/mol. The number of nitrogens with one attached hydrogen (secondary N) is 2. The molecule has 24 heavy (non-hydrogen) atoms. The number of rotatable bonds is 6. The van der Waals surface area contributed by atoms with Gasteiger partial charge in [0.25, 0.3) is 5.91 Å². The maximum absolute atomic E-state index is 12.3. The number of carbonyl (C=O) groups excluding carboxylic acids is 1. The number of nitrogens with zero attached hydrogens (tertiary/aromatic N) is 3. The lowest BCUT2D eigenvalue weighted by Crippen LogP contribution is -2.41. The summed E-state index contributed by atoms with van der Waals surface area (Å²) in [6.45, 7) is 4.87. The minimum atomic E-state index is -0.141. The van der Waals surface area contributed by atoms with E-state index >= 15 is 0 Å². The van der Waals surface area contributed by atoms with Crippen molar-refractivity contribution < 1.29 is 9.53 Å². The standard InChI is InChI=1S/C17H27N5O2/c23-17(18-6-7-22-8-10-24-11-9-22)15-12-16(20-13-19-15)21-14-4-2-1-3-5-14/h12-14H,1-11H2,(H,18,23)(H,19,20,21). The second kappa shape index (κ2) is 8.94. The largest absolute Gasteiger partial charge is 0.379 e. The Kier molecular flexibility index (Phi) is 6.37. The van der Waals surface area contributed by atoms with Gasteiger partial charge >= 0.3 is 0 Å². The van der Waals surface area contributed by atoms with E-state index in [0.29, 0.717) is 18.3 Å². The van der Waals surface area contributed by atoms with Crippen LogP contribution >= 0.6 is 0 Å². The van der Waals surface area contributed by atoms with Crippen molar-refractivity contribution in [1.29, 1.82) is 0 Å². The molecular weight excluding hydrogens is 306 g/mol. The summed E-state index contributed by atoms with van der Waals surface area (Å²) in [5.74, 6) is 0.604. The van der Waals surface area contributed by atoms with Crippen LogP contribution in [-0.4, -0.2) is 66.2 Å². The third-order valence-corrected chi connectivity index (χ3v) is 4.67. The molecule has 0 aromatic carbocycles. The molecule has 7 nitrogen and oxygen atoms in total. The van der Waals surface area contributed by atoms with Gasteiger partial charge in [0.2, 0.25) is 0 Å². The number of amides is 1. The first kappa shape index (κ1) is 17.1. The van der Waals surface area contributed by atoms with Crippen LogP contribution in [0, 0.1) is 0 Å². The van der Waals surface area contributed by atoms with Gasteiger partial charge in [-0.1, -0.05) is 19.3 Å².